The van der Waals surface area contributed by atoms with Crippen LogP contribution in [0.4, 0.5) is 0 Å². The van der Waals surface area contributed by atoms with E-state index >= 15 is 0 Å². The maximum absolute atomic E-state index is 12.5. The van der Waals surface area contributed by atoms with Crippen LogP contribution in [0.15, 0.2) is 41.7 Å². The van der Waals surface area contributed by atoms with Crippen molar-refractivity contribution >= 4 is 11.5 Å². The van der Waals surface area contributed by atoms with Gasteiger partial charge in [-0.05, 0) is 90.7 Å². The standard InChI is InChI=1S/C25H32N2O2/c1-24-10-8-21-17(20(24)6-5-19(24)15-4-3-11-27-14-15)13-18(23(26)29)22-12-16(28)7-9-25(21,22)2/h3-5,11,14,16-17,20-21,28H,6-10,12-13H2,1-2H3,(H2,26,29)/t16?,17-,20-,21+,24+,25+/m0/s1. The quantitative estimate of drug-likeness (QED) is 0.790. The highest BCUT2D eigenvalue weighted by atomic mass is 16.3. The Bertz CT molecular complexity index is 905. The Kier molecular flexibility index (Phi) is 4.29. The second-order valence-corrected chi connectivity index (χ2v) is 10.3. The molecule has 0 aliphatic heterocycles. The lowest BCUT2D eigenvalue weighted by atomic mass is 9.46. The number of primary amides is 1. The van der Waals surface area contributed by atoms with Crippen molar-refractivity contribution < 1.29 is 9.90 Å². The Hall–Kier alpha value is -1.94. The molecule has 2 fully saturated rings. The van der Waals surface area contributed by atoms with Crippen LogP contribution in [0.5, 0.6) is 0 Å². The number of carbonyl (C=O) groups is 1. The van der Waals surface area contributed by atoms with Gasteiger partial charge in [-0.15, -0.1) is 0 Å². The van der Waals surface area contributed by atoms with Gasteiger partial charge in [0.2, 0.25) is 5.91 Å². The van der Waals surface area contributed by atoms with Crippen molar-refractivity contribution in [3.05, 3.63) is 47.3 Å². The van der Waals surface area contributed by atoms with Crippen molar-refractivity contribution in [3.8, 4) is 0 Å². The molecule has 4 aliphatic rings. The minimum atomic E-state index is -0.330. The summed E-state index contributed by atoms with van der Waals surface area (Å²) in [5.74, 6) is 1.32. The highest BCUT2D eigenvalue weighted by Gasteiger charge is 2.58. The van der Waals surface area contributed by atoms with E-state index in [2.05, 4.69) is 31.0 Å². The minimum absolute atomic E-state index is 0.00486. The third kappa shape index (κ3) is 2.68. The van der Waals surface area contributed by atoms with Crippen LogP contribution in [0.25, 0.3) is 5.57 Å². The Morgan fingerprint density at radius 1 is 1.17 bits per heavy atom. The van der Waals surface area contributed by atoms with Crippen molar-refractivity contribution in [1.29, 1.82) is 0 Å². The molecule has 3 N–H and O–H groups in total. The number of aliphatic hydroxyl groups is 1. The Morgan fingerprint density at radius 3 is 2.69 bits per heavy atom. The average molecular weight is 393 g/mol. The largest absolute Gasteiger partial charge is 0.393 e. The zero-order chi connectivity index (χ0) is 20.4. The number of fused-ring (bicyclic) bond motifs is 5. The van der Waals surface area contributed by atoms with Gasteiger partial charge < -0.3 is 10.8 Å². The lowest BCUT2D eigenvalue weighted by molar-refractivity contribution is -0.116. The smallest absolute Gasteiger partial charge is 0.244 e. The van der Waals surface area contributed by atoms with E-state index in [9.17, 15) is 9.90 Å². The number of amides is 1. The zero-order valence-electron chi connectivity index (χ0n) is 17.5. The molecular formula is C25H32N2O2. The van der Waals surface area contributed by atoms with Gasteiger partial charge in [0.25, 0.3) is 0 Å². The fourth-order valence-electron chi connectivity index (χ4n) is 7.57. The highest BCUT2D eigenvalue weighted by Crippen LogP contribution is 2.67. The number of carbonyl (C=O) groups excluding carboxylic acids is 1. The summed E-state index contributed by atoms with van der Waals surface area (Å²) in [5.41, 5.74) is 10.7. The molecule has 4 aliphatic carbocycles. The minimum Gasteiger partial charge on any atom is -0.393 e. The Balaban J connectivity index is 1.54. The third-order valence-corrected chi connectivity index (χ3v) is 9.04. The number of hydrogen-bond donors (Lipinski definition) is 2. The molecule has 5 rings (SSSR count). The molecule has 0 spiro atoms. The van der Waals surface area contributed by atoms with Gasteiger partial charge in [0.15, 0.2) is 0 Å². The second-order valence-electron chi connectivity index (χ2n) is 10.3. The molecule has 0 bridgehead atoms. The molecule has 154 valence electrons. The molecule has 4 nitrogen and oxygen atoms in total. The molecule has 1 aromatic heterocycles. The van der Waals surface area contributed by atoms with Gasteiger partial charge in [-0.2, -0.15) is 0 Å². The van der Waals surface area contributed by atoms with Gasteiger partial charge in [0, 0.05) is 18.0 Å². The summed E-state index contributed by atoms with van der Waals surface area (Å²) >= 11 is 0. The number of nitrogens with two attached hydrogens (primary N) is 1. The molecule has 29 heavy (non-hydrogen) atoms. The van der Waals surface area contributed by atoms with Crippen LogP contribution in [0.2, 0.25) is 0 Å². The van der Waals surface area contributed by atoms with E-state index in [1.807, 2.05) is 18.5 Å². The Morgan fingerprint density at radius 2 is 1.97 bits per heavy atom. The lowest BCUT2D eigenvalue weighted by Gasteiger charge is -2.58. The van der Waals surface area contributed by atoms with Crippen LogP contribution in [-0.4, -0.2) is 22.1 Å². The van der Waals surface area contributed by atoms with Crippen molar-refractivity contribution in [2.75, 3.05) is 0 Å². The number of allylic oxidation sites excluding steroid dienone is 2. The molecule has 2 saturated carbocycles. The molecule has 4 heteroatoms. The van der Waals surface area contributed by atoms with E-state index in [4.69, 9.17) is 5.73 Å². The van der Waals surface area contributed by atoms with Crippen molar-refractivity contribution in [2.45, 2.75) is 64.9 Å². The first-order valence-electron chi connectivity index (χ1n) is 11.2. The van der Waals surface area contributed by atoms with Gasteiger partial charge in [0.1, 0.15) is 0 Å². The molecule has 0 radical (unpaired) electrons. The summed E-state index contributed by atoms with van der Waals surface area (Å²) < 4.78 is 0. The lowest BCUT2D eigenvalue weighted by Crippen LogP contribution is -2.51. The van der Waals surface area contributed by atoms with Crippen LogP contribution >= 0.6 is 0 Å². The first-order valence-corrected chi connectivity index (χ1v) is 11.2. The van der Waals surface area contributed by atoms with E-state index in [1.54, 1.807) is 0 Å². The topological polar surface area (TPSA) is 76.2 Å². The van der Waals surface area contributed by atoms with Crippen LogP contribution < -0.4 is 5.73 Å². The molecule has 6 atom stereocenters. The average Bonchev–Trinajstić information content (AvgIpc) is 3.06. The van der Waals surface area contributed by atoms with Crippen LogP contribution in [0.1, 0.15) is 64.4 Å². The highest BCUT2D eigenvalue weighted by molar-refractivity contribution is 5.93. The zero-order valence-corrected chi connectivity index (χ0v) is 17.5. The predicted octanol–water partition coefficient (Wildman–Crippen LogP) is 4.25. The number of nitrogens with zero attached hydrogens (tertiary/aromatic N) is 1. The molecule has 1 heterocycles. The maximum atomic E-state index is 12.5. The van der Waals surface area contributed by atoms with Crippen molar-refractivity contribution in [3.63, 3.8) is 0 Å². The van der Waals surface area contributed by atoms with Crippen LogP contribution in [0.3, 0.4) is 0 Å². The van der Waals surface area contributed by atoms with E-state index in [1.165, 1.54) is 29.6 Å². The summed E-state index contributed by atoms with van der Waals surface area (Å²) in [7, 11) is 0. The molecular weight excluding hydrogens is 360 g/mol. The third-order valence-electron chi connectivity index (χ3n) is 9.04. The van der Waals surface area contributed by atoms with E-state index < -0.39 is 0 Å². The van der Waals surface area contributed by atoms with Crippen molar-refractivity contribution in [1.82, 2.24) is 4.98 Å². The fourth-order valence-corrected chi connectivity index (χ4v) is 7.57. The summed E-state index contributed by atoms with van der Waals surface area (Å²) in [5, 5.41) is 10.3. The number of pyridine rings is 1. The predicted molar refractivity (Wildman–Crippen MR) is 113 cm³/mol. The molecule has 1 unspecified atom stereocenters. The first kappa shape index (κ1) is 19.0. The molecule has 1 amide bonds. The molecule has 1 aromatic rings. The van der Waals surface area contributed by atoms with Crippen LogP contribution in [0, 0.1) is 28.6 Å². The van der Waals surface area contributed by atoms with Gasteiger partial charge in [-0.25, -0.2) is 0 Å². The monoisotopic (exact) mass is 392 g/mol. The number of hydrogen-bond acceptors (Lipinski definition) is 3. The summed E-state index contributed by atoms with van der Waals surface area (Å²) in [6.07, 6.45) is 12.6. The maximum Gasteiger partial charge on any atom is 0.244 e. The van der Waals surface area contributed by atoms with Crippen molar-refractivity contribution in [2.24, 2.45) is 34.3 Å². The molecule has 0 saturated heterocycles. The summed E-state index contributed by atoms with van der Waals surface area (Å²) in [6.45, 7) is 4.77. The SMILES string of the molecule is C[C@]12CCC(O)CC1=C(C(N)=O)C[C@@H]1[C@H]2CC[C@]2(C)C(c3cccnc3)=CC[C@@H]12. The van der Waals surface area contributed by atoms with Gasteiger partial charge in [-0.3, -0.25) is 9.78 Å². The van der Waals surface area contributed by atoms with E-state index in [0.29, 0.717) is 24.2 Å². The van der Waals surface area contributed by atoms with Gasteiger partial charge >= 0.3 is 0 Å². The number of rotatable bonds is 2. The van der Waals surface area contributed by atoms with Gasteiger partial charge in [0.05, 0.1) is 6.10 Å². The van der Waals surface area contributed by atoms with Gasteiger partial charge in [-0.1, -0.05) is 31.6 Å². The number of aliphatic hydroxyl groups excluding tert-OH is 1. The van der Waals surface area contributed by atoms with E-state index in [-0.39, 0.29) is 22.8 Å². The normalized spacial score (nSPS) is 41.3. The first-order chi connectivity index (χ1) is 13.8. The Labute approximate surface area is 173 Å². The number of aromatic nitrogens is 1. The second kappa shape index (κ2) is 6.53. The van der Waals surface area contributed by atoms with E-state index in [0.717, 1.165) is 31.3 Å². The summed E-state index contributed by atoms with van der Waals surface area (Å²) in [4.78, 5) is 16.8. The van der Waals surface area contributed by atoms with Crippen LogP contribution in [-0.2, 0) is 4.79 Å². The summed E-state index contributed by atoms with van der Waals surface area (Å²) in [6, 6.07) is 4.20. The fraction of sp³-hybridized carbons (Fsp3) is 0.600. The molecule has 0 aromatic carbocycles.